The van der Waals surface area contributed by atoms with Crippen molar-refractivity contribution in [2.24, 2.45) is 11.8 Å². The number of hydrazine groups is 1. The van der Waals surface area contributed by atoms with Gasteiger partial charge >= 0.3 is 0 Å². The SMILES string of the molecule is CC(CN1CC(C)(O)C1)C(=O)NN. The molecule has 0 saturated carbocycles. The van der Waals surface area contributed by atoms with Gasteiger partial charge < -0.3 is 5.11 Å². The molecule has 13 heavy (non-hydrogen) atoms. The summed E-state index contributed by atoms with van der Waals surface area (Å²) in [5, 5.41) is 9.43. The van der Waals surface area contributed by atoms with Crippen molar-refractivity contribution in [3.8, 4) is 0 Å². The van der Waals surface area contributed by atoms with E-state index in [-0.39, 0.29) is 11.8 Å². The lowest BCUT2D eigenvalue weighted by molar-refractivity contribution is -0.129. The van der Waals surface area contributed by atoms with Crippen LogP contribution in [-0.4, -0.2) is 41.1 Å². The zero-order chi connectivity index (χ0) is 10.1. The third-order valence-electron chi connectivity index (χ3n) is 2.25. The Morgan fingerprint density at radius 2 is 2.31 bits per heavy atom. The average molecular weight is 187 g/mol. The van der Waals surface area contributed by atoms with Crippen LogP contribution in [0.3, 0.4) is 0 Å². The van der Waals surface area contributed by atoms with Gasteiger partial charge in [0.2, 0.25) is 5.91 Å². The summed E-state index contributed by atoms with van der Waals surface area (Å²) in [5.41, 5.74) is 1.54. The molecule has 0 spiro atoms. The van der Waals surface area contributed by atoms with Gasteiger partial charge in [0.1, 0.15) is 0 Å². The van der Waals surface area contributed by atoms with Gasteiger partial charge in [0, 0.05) is 25.6 Å². The molecule has 0 aromatic carbocycles. The van der Waals surface area contributed by atoms with E-state index in [0.29, 0.717) is 19.6 Å². The van der Waals surface area contributed by atoms with Gasteiger partial charge in [-0.25, -0.2) is 5.84 Å². The Bertz CT molecular complexity index is 198. The molecule has 1 saturated heterocycles. The molecule has 1 rings (SSSR count). The zero-order valence-electron chi connectivity index (χ0n) is 8.08. The van der Waals surface area contributed by atoms with E-state index in [0.717, 1.165) is 0 Å². The van der Waals surface area contributed by atoms with E-state index < -0.39 is 5.60 Å². The van der Waals surface area contributed by atoms with Crippen molar-refractivity contribution >= 4 is 5.91 Å². The number of rotatable bonds is 3. The van der Waals surface area contributed by atoms with Crippen molar-refractivity contribution in [1.82, 2.24) is 10.3 Å². The van der Waals surface area contributed by atoms with Gasteiger partial charge in [0.05, 0.1) is 5.60 Å². The van der Waals surface area contributed by atoms with Crippen LogP contribution < -0.4 is 11.3 Å². The summed E-state index contributed by atoms with van der Waals surface area (Å²) in [7, 11) is 0. The number of nitrogens with zero attached hydrogens (tertiary/aromatic N) is 1. The summed E-state index contributed by atoms with van der Waals surface area (Å²) in [4.78, 5) is 13.1. The van der Waals surface area contributed by atoms with Crippen LogP contribution in [0.2, 0.25) is 0 Å². The first kappa shape index (κ1) is 10.4. The third kappa shape index (κ3) is 2.65. The Morgan fingerprint density at radius 3 is 2.69 bits per heavy atom. The second kappa shape index (κ2) is 3.61. The van der Waals surface area contributed by atoms with Crippen LogP contribution in [0.15, 0.2) is 0 Å². The Hall–Kier alpha value is -0.650. The van der Waals surface area contributed by atoms with Crippen LogP contribution in [0.25, 0.3) is 0 Å². The van der Waals surface area contributed by atoms with Crippen molar-refractivity contribution in [3.05, 3.63) is 0 Å². The standard InChI is InChI=1S/C8H17N3O2/c1-6(7(12)10-9)3-11-4-8(2,13)5-11/h6,13H,3-5,9H2,1-2H3,(H,10,12). The van der Waals surface area contributed by atoms with Crippen LogP contribution in [0.4, 0.5) is 0 Å². The van der Waals surface area contributed by atoms with E-state index in [4.69, 9.17) is 5.84 Å². The van der Waals surface area contributed by atoms with Gasteiger partial charge in [-0.1, -0.05) is 6.92 Å². The molecule has 1 unspecified atom stereocenters. The molecule has 1 atom stereocenters. The summed E-state index contributed by atoms with van der Waals surface area (Å²) < 4.78 is 0. The first-order chi connectivity index (χ1) is 5.94. The van der Waals surface area contributed by atoms with E-state index in [9.17, 15) is 9.90 Å². The fourth-order valence-corrected chi connectivity index (χ4v) is 1.66. The number of carbonyl (C=O) groups is 1. The lowest BCUT2D eigenvalue weighted by Crippen LogP contribution is -2.61. The molecule has 0 aromatic rings. The highest BCUT2D eigenvalue weighted by molar-refractivity contribution is 5.77. The Balaban J connectivity index is 2.24. The predicted molar refractivity (Wildman–Crippen MR) is 48.6 cm³/mol. The minimum atomic E-state index is -0.571. The van der Waals surface area contributed by atoms with Crippen molar-refractivity contribution < 1.29 is 9.90 Å². The van der Waals surface area contributed by atoms with Gasteiger partial charge in [-0.3, -0.25) is 15.1 Å². The molecule has 1 aliphatic rings. The molecule has 1 amide bonds. The number of nitrogens with two attached hydrogens (primary N) is 1. The summed E-state index contributed by atoms with van der Waals surface area (Å²) in [6.07, 6.45) is 0. The molecule has 0 bridgehead atoms. The topological polar surface area (TPSA) is 78.6 Å². The number of carbonyl (C=O) groups excluding carboxylic acids is 1. The lowest BCUT2D eigenvalue weighted by atomic mass is 9.95. The first-order valence-corrected chi connectivity index (χ1v) is 4.40. The molecule has 5 heteroatoms. The first-order valence-electron chi connectivity index (χ1n) is 4.40. The van der Waals surface area contributed by atoms with Gasteiger partial charge in [-0.15, -0.1) is 0 Å². The quantitative estimate of drug-likeness (QED) is 0.291. The average Bonchev–Trinajstić information content (AvgIpc) is 1.99. The number of aliphatic hydroxyl groups is 1. The molecule has 5 nitrogen and oxygen atoms in total. The van der Waals surface area contributed by atoms with E-state index in [1.807, 2.05) is 11.8 Å². The summed E-state index contributed by atoms with van der Waals surface area (Å²) in [5.74, 6) is 4.71. The third-order valence-corrected chi connectivity index (χ3v) is 2.25. The Kier molecular flexibility index (Phi) is 2.90. The van der Waals surface area contributed by atoms with Crippen molar-refractivity contribution in [1.29, 1.82) is 0 Å². The highest BCUT2D eigenvalue weighted by Crippen LogP contribution is 2.20. The van der Waals surface area contributed by atoms with Gasteiger partial charge in [0.25, 0.3) is 0 Å². The lowest BCUT2D eigenvalue weighted by Gasteiger charge is -2.45. The minimum absolute atomic E-state index is 0.124. The van der Waals surface area contributed by atoms with E-state index in [1.165, 1.54) is 0 Å². The minimum Gasteiger partial charge on any atom is -0.388 e. The van der Waals surface area contributed by atoms with Crippen LogP contribution in [0.1, 0.15) is 13.8 Å². The fraction of sp³-hybridized carbons (Fsp3) is 0.875. The van der Waals surface area contributed by atoms with Crippen LogP contribution in [0, 0.1) is 5.92 Å². The van der Waals surface area contributed by atoms with E-state index >= 15 is 0 Å². The molecule has 76 valence electrons. The summed E-state index contributed by atoms with van der Waals surface area (Å²) >= 11 is 0. The number of hydrogen-bond donors (Lipinski definition) is 3. The van der Waals surface area contributed by atoms with Crippen LogP contribution in [-0.2, 0) is 4.79 Å². The maximum Gasteiger partial charge on any atom is 0.237 e. The number of nitrogens with one attached hydrogen (secondary N) is 1. The van der Waals surface area contributed by atoms with Gasteiger partial charge in [0.15, 0.2) is 0 Å². The molecule has 0 aliphatic carbocycles. The van der Waals surface area contributed by atoms with E-state index in [2.05, 4.69) is 5.43 Å². The maximum atomic E-state index is 11.0. The number of β-amino-alcohol motifs (C(OH)–C–C–N with tert-alkyl or cyclic N) is 1. The molecule has 0 radical (unpaired) electrons. The van der Waals surface area contributed by atoms with Crippen LogP contribution >= 0.6 is 0 Å². The predicted octanol–water partition coefficient (Wildman–Crippen LogP) is -1.32. The van der Waals surface area contributed by atoms with Gasteiger partial charge in [-0.05, 0) is 6.92 Å². The zero-order valence-corrected chi connectivity index (χ0v) is 8.08. The molecule has 1 fully saturated rings. The van der Waals surface area contributed by atoms with Crippen molar-refractivity contribution in [2.75, 3.05) is 19.6 Å². The summed E-state index contributed by atoms with van der Waals surface area (Å²) in [6.45, 7) is 5.52. The second-order valence-electron chi connectivity index (χ2n) is 4.08. The molecule has 0 aromatic heterocycles. The molecular weight excluding hydrogens is 170 g/mol. The monoisotopic (exact) mass is 187 g/mol. The molecule has 4 N–H and O–H groups in total. The Morgan fingerprint density at radius 1 is 1.77 bits per heavy atom. The highest BCUT2D eigenvalue weighted by Gasteiger charge is 2.37. The second-order valence-corrected chi connectivity index (χ2v) is 4.08. The van der Waals surface area contributed by atoms with Gasteiger partial charge in [-0.2, -0.15) is 0 Å². The number of likely N-dealkylation sites (tertiary alicyclic amines) is 1. The molecule has 1 heterocycles. The van der Waals surface area contributed by atoms with E-state index in [1.54, 1.807) is 6.92 Å². The highest BCUT2D eigenvalue weighted by atomic mass is 16.3. The number of hydrogen-bond acceptors (Lipinski definition) is 4. The summed E-state index contributed by atoms with van der Waals surface area (Å²) in [6, 6.07) is 0. The Labute approximate surface area is 77.9 Å². The molecule has 1 aliphatic heterocycles. The van der Waals surface area contributed by atoms with Crippen LogP contribution in [0.5, 0.6) is 0 Å². The smallest absolute Gasteiger partial charge is 0.237 e. The maximum absolute atomic E-state index is 11.0. The normalized spacial score (nSPS) is 23.4. The largest absolute Gasteiger partial charge is 0.388 e. The molecular formula is C8H17N3O2. The van der Waals surface area contributed by atoms with Crippen molar-refractivity contribution in [2.45, 2.75) is 19.4 Å². The number of amides is 1. The van der Waals surface area contributed by atoms with Crippen molar-refractivity contribution in [3.63, 3.8) is 0 Å². The fourth-order valence-electron chi connectivity index (χ4n) is 1.66.